The molecule has 2 N–H and O–H groups in total. The molecule has 0 saturated heterocycles. The SMILES string of the molecule is CNCCNC(=O)c1ccc(CN(C)C(=O)C(C)C)cc1.Cl. The molecule has 0 aliphatic rings. The van der Waals surface area contributed by atoms with Gasteiger partial charge in [-0.2, -0.15) is 0 Å². The van der Waals surface area contributed by atoms with Crippen molar-refractivity contribution in [1.82, 2.24) is 15.5 Å². The van der Waals surface area contributed by atoms with Gasteiger partial charge in [0.1, 0.15) is 0 Å². The lowest BCUT2D eigenvalue weighted by Crippen LogP contribution is -2.30. The van der Waals surface area contributed by atoms with E-state index in [1.165, 1.54) is 0 Å². The van der Waals surface area contributed by atoms with E-state index in [1.807, 2.05) is 33.0 Å². The number of carbonyl (C=O) groups excluding carboxylic acids is 2. The zero-order valence-electron chi connectivity index (χ0n) is 13.7. The molecule has 5 nitrogen and oxygen atoms in total. The van der Waals surface area contributed by atoms with Crippen LogP contribution < -0.4 is 10.6 Å². The van der Waals surface area contributed by atoms with E-state index in [0.29, 0.717) is 18.7 Å². The second-order valence-corrected chi connectivity index (χ2v) is 5.41. The summed E-state index contributed by atoms with van der Waals surface area (Å²) in [6.45, 7) is 5.67. The zero-order chi connectivity index (χ0) is 15.8. The summed E-state index contributed by atoms with van der Waals surface area (Å²) in [6, 6.07) is 7.35. The van der Waals surface area contributed by atoms with Crippen molar-refractivity contribution < 1.29 is 9.59 Å². The molecule has 0 aromatic heterocycles. The molecule has 2 amide bonds. The number of rotatable bonds is 7. The molecule has 0 unspecified atom stereocenters. The van der Waals surface area contributed by atoms with Crippen molar-refractivity contribution in [2.24, 2.45) is 5.92 Å². The third-order valence-corrected chi connectivity index (χ3v) is 3.17. The van der Waals surface area contributed by atoms with Crippen molar-refractivity contribution in [3.63, 3.8) is 0 Å². The van der Waals surface area contributed by atoms with E-state index in [2.05, 4.69) is 10.6 Å². The predicted molar refractivity (Wildman–Crippen MR) is 91.3 cm³/mol. The fraction of sp³-hybridized carbons (Fsp3) is 0.500. The summed E-state index contributed by atoms with van der Waals surface area (Å²) in [7, 11) is 3.64. The lowest BCUT2D eigenvalue weighted by atomic mass is 10.1. The van der Waals surface area contributed by atoms with Gasteiger partial charge >= 0.3 is 0 Å². The highest BCUT2D eigenvalue weighted by Gasteiger charge is 2.13. The Morgan fingerprint density at radius 1 is 1.14 bits per heavy atom. The van der Waals surface area contributed by atoms with Crippen LogP contribution in [0.25, 0.3) is 0 Å². The maximum atomic E-state index is 11.8. The molecule has 0 spiro atoms. The summed E-state index contributed by atoms with van der Waals surface area (Å²) in [4.78, 5) is 25.4. The lowest BCUT2D eigenvalue weighted by molar-refractivity contribution is -0.133. The molecule has 0 fully saturated rings. The van der Waals surface area contributed by atoms with E-state index >= 15 is 0 Å². The van der Waals surface area contributed by atoms with E-state index in [1.54, 1.807) is 24.1 Å². The summed E-state index contributed by atoms with van der Waals surface area (Å²) in [5, 5.41) is 5.80. The van der Waals surface area contributed by atoms with Gasteiger partial charge in [-0.1, -0.05) is 26.0 Å². The normalized spacial score (nSPS) is 10.0. The van der Waals surface area contributed by atoms with Gasteiger partial charge in [0.15, 0.2) is 0 Å². The number of hydrogen-bond acceptors (Lipinski definition) is 3. The van der Waals surface area contributed by atoms with Gasteiger partial charge in [-0.05, 0) is 24.7 Å². The summed E-state index contributed by atoms with van der Waals surface area (Å²) < 4.78 is 0. The van der Waals surface area contributed by atoms with Crippen LogP contribution in [0.5, 0.6) is 0 Å². The van der Waals surface area contributed by atoms with Crippen LogP contribution in [0.1, 0.15) is 29.8 Å². The topological polar surface area (TPSA) is 61.4 Å². The van der Waals surface area contributed by atoms with Gasteiger partial charge in [0.2, 0.25) is 5.91 Å². The Labute approximate surface area is 138 Å². The van der Waals surface area contributed by atoms with Gasteiger partial charge in [0, 0.05) is 38.2 Å². The summed E-state index contributed by atoms with van der Waals surface area (Å²) in [5.41, 5.74) is 1.64. The van der Waals surface area contributed by atoms with E-state index in [4.69, 9.17) is 0 Å². The van der Waals surface area contributed by atoms with Crippen LogP contribution in [0.3, 0.4) is 0 Å². The molecular weight excluding hydrogens is 302 g/mol. The summed E-state index contributed by atoms with van der Waals surface area (Å²) in [6.07, 6.45) is 0. The second kappa shape index (κ2) is 10.2. The molecule has 0 heterocycles. The van der Waals surface area contributed by atoms with E-state index in [0.717, 1.165) is 12.1 Å². The largest absolute Gasteiger partial charge is 0.351 e. The number of hydrogen-bond donors (Lipinski definition) is 2. The van der Waals surface area contributed by atoms with Crippen molar-refractivity contribution in [2.45, 2.75) is 20.4 Å². The lowest BCUT2D eigenvalue weighted by Gasteiger charge is -2.19. The molecule has 0 aliphatic carbocycles. The highest BCUT2D eigenvalue weighted by atomic mass is 35.5. The first kappa shape index (κ1) is 20.4. The Hall–Kier alpha value is -1.59. The monoisotopic (exact) mass is 327 g/mol. The molecule has 1 aromatic carbocycles. The van der Waals surface area contributed by atoms with Crippen LogP contribution in [0.2, 0.25) is 0 Å². The summed E-state index contributed by atoms with van der Waals surface area (Å²) in [5.74, 6) is 0.0273. The Kier molecular flexibility index (Phi) is 9.45. The van der Waals surface area contributed by atoms with Crippen LogP contribution >= 0.6 is 12.4 Å². The fourth-order valence-corrected chi connectivity index (χ4v) is 1.96. The number of carbonyl (C=O) groups is 2. The quantitative estimate of drug-likeness (QED) is 0.749. The van der Waals surface area contributed by atoms with Gasteiger partial charge in [0.05, 0.1) is 0 Å². The van der Waals surface area contributed by atoms with Gasteiger partial charge in [0.25, 0.3) is 5.91 Å². The van der Waals surface area contributed by atoms with Crippen molar-refractivity contribution in [3.8, 4) is 0 Å². The molecule has 0 radical (unpaired) electrons. The minimum atomic E-state index is -0.0802. The molecular formula is C16H26ClN3O2. The Bertz CT molecular complexity index is 475. The number of likely N-dealkylation sites (N-methyl/N-ethyl adjacent to an activating group) is 1. The first-order valence-electron chi connectivity index (χ1n) is 7.22. The van der Waals surface area contributed by atoms with Crippen molar-refractivity contribution in [3.05, 3.63) is 35.4 Å². The number of benzene rings is 1. The van der Waals surface area contributed by atoms with Crippen LogP contribution in [-0.2, 0) is 11.3 Å². The van der Waals surface area contributed by atoms with Crippen LogP contribution in [-0.4, -0.2) is 43.9 Å². The Morgan fingerprint density at radius 2 is 1.73 bits per heavy atom. The number of amides is 2. The molecule has 22 heavy (non-hydrogen) atoms. The third-order valence-electron chi connectivity index (χ3n) is 3.17. The molecule has 0 atom stereocenters. The summed E-state index contributed by atoms with van der Waals surface area (Å²) >= 11 is 0. The fourth-order valence-electron chi connectivity index (χ4n) is 1.96. The smallest absolute Gasteiger partial charge is 0.251 e. The second-order valence-electron chi connectivity index (χ2n) is 5.41. The number of nitrogens with one attached hydrogen (secondary N) is 2. The van der Waals surface area contributed by atoms with Gasteiger partial charge < -0.3 is 15.5 Å². The molecule has 6 heteroatoms. The van der Waals surface area contributed by atoms with Gasteiger partial charge in [-0.25, -0.2) is 0 Å². The zero-order valence-corrected chi connectivity index (χ0v) is 14.5. The average Bonchev–Trinajstić information content (AvgIpc) is 2.47. The van der Waals surface area contributed by atoms with Crippen LogP contribution in [0.4, 0.5) is 0 Å². The minimum Gasteiger partial charge on any atom is -0.351 e. The molecule has 0 aliphatic heterocycles. The van der Waals surface area contributed by atoms with E-state index in [-0.39, 0.29) is 30.1 Å². The molecule has 124 valence electrons. The average molecular weight is 328 g/mol. The Balaban J connectivity index is 0.00000441. The first-order valence-corrected chi connectivity index (χ1v) is 7.22. The molecule has 1 rings (SSSR count). The molecule has 1 aromatic rings. The van der Waals surface area contributed by atoms with E-state index < -0.39 is 0 Å². The highest BCUT2D eigenvalue weighted by Crippen LogP contribution is 2.09. The third kappa shape index (κ3) is 6.45. The van der Waals surface area contributed by atoms with Crippen molar-refractivity contribution in [1.29, 1.82) is 0 Å². The maximum absolute atomic E-state index is 11.8. The molecule has 0 bridgehead atoms. The number of halogens is 1. The highest BCUT2D eigenvalue weighted by molar-refractivity contribution is 5.94. The minimum absolute atomic E-state index is 0. The first-order chi connectivity index (χ1) is 9.95. The predicted octanol–water partition coefficient (Wildman–Crippen LogP) is 1.67. The van der Waals surface area contributed by atoms with Crippen molar-refractivity contribution in [2.75, 3.05) is 27.2 Å². The van der Waals surface area contributed by atoms with Gasteiger partial charge in [-0.15, -0.1) is 12.4 Å². The van der Waals surface area contributed by atoms with Gasteiger partial charge in [-0.3, -0.25) is 9.59 Å². The van der Waals surface area contributed by atoms with Crippen LogP contribution in [0, 0.1) is 5.92 Å². The Morgan fingerprint density at radius 3 is 2.23 bits per heavy atom. The van der Waals surface area contributed by atoms with E-state index in [9.17, 15) is 9.59 Å². The number of nitrogens with zero attached hydrogens (tertiary/aromatic N) is 1. The molecule has 0 saturated carbocycles. The maximum Gasteiger partial charge on any atom is 0.251 e. The standard InChI is InChI=1S/C16H25N3O2.ClH/c1-12(2)16(21)19(4)11-13-5-7-14(8-6-13)15(20)18-10-9-17-3;/h5-8,12,17H,9-11H2,1-4H3,(H,18,20);1H. The van der Waals surface area contributed by atoms with Crippen molar-refractivity contribution >= 4 is 24.2 Å². The van der Waals surface area contributed by atoms with Crippen LogP contribution in [0.15, 0.2) is 24.3 Å².